The number of imidazole rings is 1. The highest BCUT2D eigenvalue weighted by molar-refractivity contribution is 6.01. The van der Waals surface area contributed by atoms with E-state index in [2.05, 4.69) is 44.4 Å². The first-order valence-corrected chi connectivity index (χ1v) is 11.7. The summed E-state index contributed by atoms with van der Waals surface area (Å²) in [6.07, 6.45) is 5.07. The molecule has 2 aromatic heterocycles. The minimum atomic E-state index is -0.302. The van der Waals surface area contributed by atoms with Crippen LogP contribution in [0.3, 0.4) is 0 Å². The predicted octanol–water partition coefficient (Wildman–Crippen LogP) is 4.84. The van der Waals surface area contributed by atoms with Crippen LogP contribution in [0.5, 0.6) is 0 Å². The van der Waals surface area contributed by atoms with Crippen LogP contribution < -0.4 is 4.90 Å². The molecule has 3 aliphatic rings. The molecule has 0 saturated heterocycles. The van der Waals surface area contributed by atoms with Crippen molar-refractivity contribution in [3.8, 4) is 11.5 Å². The number of nitrogens with zero attached hydrogens (tertiary/aromatic N) is 4. The third-order valence-corrected chi connectivity index (χ3v) is 7.28. The fourth-order valence-electron chi connectivity index (χ4n) is 5.36. The number of hydrogen-bond donors (Lipinski definition) is 0. The molecular formula is C26H26N4O2. The van der Waals surface area contributed by atoms with Crippen molar-refractivity contribution in [3.05, 3.63) is 48.0 Å². The van der Waals surface area contributed by atoms with Crippen LogP contribution in [0.2, 0.25) is 0 Å². The summed E-state index contributed by atoms with van der Waals surface area (Å²) in [7, 11) is 1.44. The first-order chi connectivity index (χ1) is 15.7. The van der Waals surface area contributed by atoms with Crippen LogP contribution >= 0.6 is 0 Å². The van der Waals surface area contributed by atoms with Crippen molar-refractivity contribution < 1.29 is 9.53 Å². The maximum atomic E-state index is 12.4. The molecule has 3 heterocycles. The molecule has 6 heteroatoms. The maximum Gasteiger partial charge on any atom is 0.338 e. The summed E-state index contributed by atoms with van der Waals surface area (Å²) in [5.74, 6) is 1.47. The van der Waals surface area contributed by atoms with Crippen LogP contribution in [0.15, 0.2) is 42.5 Å². The van der Waals surface area contributed by atoms with Gasteiger partial charge in [0.2, 0.25) is 0 Å². The lowest BCUT2D eigenvalue weighted by atomic mass is 10.1. The van der Waals surface area contributed by atoms with Crippen LogP contribution in [-0.2, 0) is 17.8 Å². The lowest BCUT2D eigenvalue weighted by Crippen LogP contribution is -2.33. The van der Waals surface area contributed by atoms with Gasteiger partial charge in [0.15, 0.2) is 5.82 Å². The van der Waals surface area contributed by atoms with Crippen LogP contribution in [0.25, 0.3) is 33.5 Å². The molecule has 0 spiro atoms. The first kappa shape index (κ1) is 18.3. The summed E-state index contributed by atoms with van der Waals surface area (Å²) in [6, 6.07) is 15.4. The zero-order valence-electron chi connectivity index (χ0n) is 18.3. The standard InChI is InChI=1S/C26H26N4O2/c1-32-26(31)18-12-20-24-22(14-18)28(19-8-9-19)10-11-29(24)25(27-20)23-13-17-4-2-3-5-21(17)30(23)15-16-6-7-16/h2-5,12-14,16,19H,6-11,15H2,1H3. The number of aromatic nitrogens is 3. The quantitative estimate of drug-likeness (QED) is 0.429. The van der Waals surface area contributed by atoms with Gasteiger partial charge in [-0.15, -0.1) is 0 Å². The van der Waals surface area contributed by atoms with Crippen molar-refractivity contribution in [2.45, 2.75) is 44.8 Å². The van der Waals surface area contributed by atoms with Gasteiger partial charge in [0.05, 0.1) is 35.1 Å². The number of esters is 1. The minimum Gasteiger partial charge on any atom is -0.465 e. The van der Waals surface area contributed by atoms with Crippen LogP contribution in [-0.4, -0.2) is 39.8 Å². The SMILES string of the molecule is COC(=O)c1cc2c3c(c1)nc(-c1cc4ccccc4n1CC1CC1)n3CCN2C1CC1. The Morgan fingerprint density at radius 3 is 2.72 bits per heavy atom. The molecular weight excluding hydrogens is 400 g/mol. The van der Waals surface area contributed by atoms with Crippen molar-refractivity contribution in [1.82, 2.24) is 14.1 Å². The van der Waals surface area contributed by atoms with E-state index in [1.807, 2.05) is 12.1 Å². The van der Waals surface area contributed by atoms with E-state index >= 15 is 0 Å². The molecule has 6 nitrogen and oxygen atoms in total. The van der Waals surface area contributed by atoms with E-state index in [0.29, 0.717) is 11.6 Å². The van der Waals surface area contributed by atoms with Crippen molar-refractivity contribution in [2.24, 2.45) is 5.92 Å². The van der Waals surface area contributed by atoms with E-state index < -0.39 is 0 Å². The number of ether oxygens (including phenoxy) is 1. The maximum absolute atomic E-state index is 12.4. The van der Waals surface area contributed by atoms with Crippen LogP contribution in [0, 0.1) is 5.92 Å². The van der Waals surface area contributed by atoms with Gasteiger partial charge in [-0.3, -0.25) is 0 Å². The van der Waals surface area contributed by atoms with Gasteiger partial charge in [0, 0.05) is 36.6 Å². The molecule has 4 aromatic rings. The molecule has 32 heavy (non-hydrogen) atoms. The summed E-state index contributed by atoms with van der Waals surface area (Å²) in [6.45, 7) is 2.90. The summed E-state index contributed by atoms with van der Waals surface area (Å²) < 4.78 is 9.89. The fourth-order valence-corrected chi connectivity index (χ4v) is 5.36. The van der Waals surface area contributed by atoms with Gasteiger partial charge in [-0.2, -0.15) is 0 Å². The van der Waals surface area contributed by atoms with Crippen molar-refractivity contribution >= 4 is 33.6 Å². The predicted molar refractivity (Wildman–Crippen MR) is 125 cm³/mol. The van der Waals surface area contributed by atoms with Crippen LogP contribution in [0.1, 0.15) is 36.0 Å². The Labute approximate surface area is 186 Å². The number of carbonyl (C=O) groups excluding carboxylic acids is 1. The third-order valence-electron chi connectivity index (χ3n) is 7.28. The number of benzene rings is 2. The lowest BCUT2D eigenvalue weighted by molar-refractivity contribution is 0.0601. The molecule has 0 bridgehead atoms. The zero-order valence-corrected chi connectivity index (χ0v) is 18.3. The molecule has 2 fully saturated rings. The number of carbonyl (C=O) groups is 1. The molecule has 2 aromatic carbocycles. The number of rotatable bonds is 5. The highest BCUT2D eigenvalue weighted by Crippen LogP contribution is 2.42. The van der Waals surface area contributed by atoms with E-state index in [1.165, 1.54) is 49.4 Å². The van der Waals surface area contributed by atoms with Gasteiger partial charge in [0.1, 0.15) is 0 Å². The average molecular weight is 427 g/mol. The van der Waals surface area contributed by atoms with Crippen LogP contribution in [0.4, 0.5) is 5.69 Å². The normalized spacial score (nSPS) is 18.0. The Morgan fingerprint density at radius 2 is 1.94 bits per heavy atom. The molecule has 162 valence electrons. The Hall–Kier alpha value is -3.28. The topological polar surface area (TPSA) is 52.3 Å². The third kappa shape index (κ3) is 2.71. The number of anilines is 1. The summed E-state index contributed by atoms with van der Waals surface area (Å²) >= 11 is 0. The van der Waals surface area contributed by atoms with Gasteiger partial charge in [0.25, 0.3) is 0 Å². The van der Waals surface area contributed by atoms with Gasteiger partial charge >= 0.3 is 5.97 Å². The number of fused-ring (bicyclic) bond motifs is 1. The number of methoxy groups -OCH3 is 1. The minimum absolute atomic E-state index is 0.302. The Kier molecular flexibility index (Phi) is 3.78. The van der Waals surface area contributed by atoms with E-state index in [4.69, 9.17) is 9.72 Å². The second-order valence-electron chi connectivity index (χ2n) is 9.51. The Morgan fingerprint density at radius 1 is 1.09 bits per heavy atom. The first-order valence-electron chi connectivity index (χ1n) is 11.7. The monoisotopic (exact) mass is 426 g/mol. The largest absolute Gasteiger partial charge is 0.465 e. The number of para-hydroxylation sites is 1. The van der Waals surface area contributed by atoms with Gasteiger partial charge in [-0.25, -0.2) is 9.78 Å². The molecule has 2 saturated carbocycles. The van der Waals surface area contributed by atoms with Gasteiger partial charge in [-0.1, -0.05) is 18.2 Å². The van der Waals surface area contributed by atoms with E-state index in [-0.39, 0.29) is 5.97 Å². The molecule has 7 rings (SSSR count). The van der Waals surface area contributed by atoms with E-state index in [0.717, 1.165) is 48.1 Å². The zero-order chi connectivity index (χ0) is 21.4. The van der Waals surface area contributed by atoms with Crippen molar-refractivity contribution in [1.29, 1.82) is 0 Å². The molecule has 1 aliphatic heterocycles. The molecule has 0 radical (unpaired) electrons. The van der Waals surface area contributed by atoms with Crippen molar-refractivity contribution in [2.75, 3.05) is 18.6 Å². The highest BCUT2D eigenvalue weighted by Gasteiger charge is 2.35. The summed E-state index contributed by atoms with van der Waals surface area (Å²) in [4.78, 5) is 20.0. The highest BCUT2D eigenvalue weighted by atomic mass is 16.5. The second-order valence-corrected chi connectivity index (χ2v) is 9.51. The molecule has 0 N–H and O–H groups in total. The molecule has 0 unspecified atom stereocenters. The average Bonchev–Trinajstić information content (AvgIpc) is 3.74. The smallest absolute Gasteiger partial charge is 0.338 e. The van der Waals surface area contributed by atoms with Gasteiger partial charge in [-0.05, 0) is 55.9 Å². The van der Waals surface area contributed by atoms with E-state index in [1.54, 1.807) is 0 Å². The molecule has 0 atom stereocenters. The summed E-state index contributed by atoms with van der Waals surface area (Å²) in [5.41, 5.74) is 6.19. The van der Waals surface area contributed by atoms with E-state index in [9.17, 15) is 4.79 Å². The van der Waals surface area contributed by atoms with Gasteiger partial charge < -0.3 is 18.8 Å². The second kappa shape index (κ2) is 6.61. The lowest BCUT2D eigenvalue weighted by Gasteiger charge is -2.31. The fraction of sp³-hybridized carbons (Fsp3) is 0.385. The Balaban J connectivity index is 1.48. The van der Waals surface area contributed by atoms with Crippen molar-refractivity contribution in [3.63, 3.8) is 0 Å². The Bertz CT molecular complexity index is 1390. The molecule has 2 aliphatic carbocycles. The summed E-state index contributed by atoms with van der Waals surface area (Å²) in [5, 5.41) is 1.26. The molecule has 0 amide bonds. The number of hydrogen-bond acceptors (Lipinski definition) is 4.